The molecule has 1 saturated carbocycles. The van der Waals surface area contributed by atoms with E-state index in [1.807, 2.05) is 6.92 Å². The van der Waals surface area contributed by atoms with Crippen molar-refractivity contribution in [2.75, 3.05) is 5.32 Å². The Labute approximate surface area is 112 Å². The van der Waals surface area contributed by atoms with E-state index in [1.54, 1.807) is 19.1 Å². The van der Waals surface area contributed by atoms with Gasteiger partial charge in [-0.25, -0.2) is 4.79 Å². The number of benzene rings is 1. The van der Waals surface area contributed by atoms with Crippen LogP contribution in [0, 0.1) is 12.3 Å². The summed E-state index contributed by atoms with van der Waals surface area (Å²) in [5.74, 6) is -0.955. The van der Waals surface area contributed by atoms with Crippen LogP contribution in [0.3, 0.4) is 0 Å². The molecule has 0 unspecified atom stereocenters. The van der Waals surface area contributed by atoms with E-state index < -0.39 is 5.97 Å². The van der Waals surface area contributed by atoms with E-state index in [2.05, 4.69) is 5.32 Å². The number of rotatable bonds is 4. The third-order valence-electron chi connectivity index (χ3n) is 4.19. The first-order valence-electron chi connectivity index (χ1n) is 6.64. The number of aryl methyl sites for hydroxylation is 1. The number of hydrogen-bond donors (Lipinski definition) is 2. The van der Waals surface area contributed by atoms with Crippen molar-refractivity contribution in [1.29, 1.82) is 0 Å². The molecule has 0 radical (unpaired) electrons. The molecule has 19 heavy (non-hydrogen) atoms. The van der Waals surface area contributed by atoms with Gasteiger partial charge in [0.05, 0.1) is 5.56 Å². The van der Waals surface area contributed by atoms with Crippen LogP contribution in [-0.2, 0) is 4.79 Å². The lowest BCUT2D eigenvalue weighted by atomic mass is 9.66. The summed E-state index contributed by atoms with van der Waals surface area (Å²) >= 11 is 0. The molecule has 0 atom stereocenters. The normalized spacial score (nSPS) is 16.5. The molecule has 4 heteroatoms. The summed E-state index contributed by atoms with van der Waals surface area (Å²) in [5.41, 5.74) is 1.25. The van der Waals surface area contributed by atoms with Crippen molar-refractivity contribution in [3.8, 4) is 0 Å². The van der Waals surface area contributed by atoms with Gasteiger partial charge < -0.3 is 10.4 Å². The number of carbonyl (C=O) groups excluding carboxylic acids is 1. The zero-order chi connectivity index (χ0) is 14.0. The predicted octanol–water partition coefficient (Wildman–Crippen LogP) is 3.21. The molecule has 1 aliphatic carbocycles. The molecule has 2 N–H and O–H groups in total. The molecule has 1 aliphatic rings. The minimum absolute atomic E-state index is 0.0152. The lowest BCUT2D eigenvalue weighted by Gasteiger charge is -2.39. The van der Waals surface area contributed by atoms with Gasteiger partial charge >= 0.3 is 5.97 Å². The Hall–Kier alpha value is -1.84. The molecular weight excluding hydrogens is 242 g/mol. The number of nitrogens with one attached hydrogen (secondary N) is 1. The molecule has 0 spiro atoms. The van der Waals surface area contributed by atoms with Crippen LogP contribution in [0.4, 0.5) is 5.69 Å². The van der Waals surface area contributed by atoms with Crippen LogP contribution in [0.15, 0.2) is 18.2 Å². The molecule has 1 aromatic rings. The molecular formula is C15H19NO3. The second kappa shape index (κ2) is 5.03. The Bertz CT molecular complexity index is 513. The number of carboxylic acid groups (broad SMARTS) is 1. The monoisotopic (exact) mass is 261 g/mol. The number of carboxylic acids is 1. The average Bonchev–Trinajstić information content (AvgIpc) is 2.30. The van der Waals surface area contributed by atoms with Crippen molar-refractivity contribution in [2.24, 2.45) is 5.41 Å². The summed E-state index contributed by atoms with van der Waals surface area (Å²) in [6.45, 7) is 3.77. The van der Waals surface area contributed by atoms with Gasteiger partial charge in [0.2, 0.25) is 5.91 Å². The molecule has 1 aromatic carbocycles. The van der Waals surface area contributed by atoms with Crippen LogP contribution in [0.1, 0.15) is 48.5 Å². The molecule has 0 heterocycles. The van der Waals surface area contributed by atoms with Crippen LogP contribution < -0.4 is 5.32 Å². The Morgan fingerprint density at radius 3 is 2.53 bits per heavy atom. The molecule has 0 aliphatic heterocycles. The highest BCUT2D eigenvalue weighted by Crippen LogP contribution is 2.44. The third kappa shape index (κ3) is 2.48. The number of carbonyl (C=O) groups is 2. The van der Waals surface area contributed by atoms with Gasteiger partial charge in [-0.05, 0) is 43.9 Å². The SMILES string of the molecule is CCC1(C(=O)Nc2ccc(C)c(C(=O)O)c2)CCC1. The standard InChI is InChI=1S/C15H19NO3/c1-3-15(7-4-8-15)14(19)16-11-6-5-10(2)12(9-11)13(17)18/h5-6,9H,3-4,7-8H2,1-2H3,(H,16,19)(H,17,18). The topological polar surface area (TPSA) is 66.4 Å². The summed E-state index contributed by atoms with van der Waals surface area (Å²) in [7, 11) is 0. The summed E-state index contributed by atoms with van der Waals surface area (Å²) in [5, 5.41) is 11.9. The van der Waals surface area contributed by atoms with Crippen LogP contribution in [0.5, 0.6) is 0 Å². The smallest absolute Gasteiger partial charge is 0.336 e. The van der Waals surface area contributed by atoms with Crippen LogP contribution in [-0.4, -0.2) is 17.0 Å². The maximum Gasteiger partial charge on any atom is 0.336 e. The third-order valence-corrected chi connectivity index (χ3v) is 4.19. The molecule has 0 saturated heterocycles. The largest absolute Gasteiger partial charge is 0.478 e. The summed E-state index contributed by atoms with van der Waals surface area (Å²) < 4.78 is 0. The van der Waals surface area contributed by atoms with E-state index in [0.29, 0.717) is 11.3 Å². The van der Waals surface area contributed by atoms with Gasteiger partial charge in [0.1, 0.15) is 0 Å². The van der Waals surface area contributed by atoms with Crippen molar-refractivity contribution in [3.05, 3.63) is 29.3 Å². The first-order valence-corrected chi connectivity index (χ1v) is 6.64. The highest BCUT2D eigenvalue weighted by atomic mass is 16.4. The molecule has 102 valence electrons. The molecule has 1 fully saturated rings. The van der Waals surface area contributed by atoms with E-state index in [4.69, 9.17) is 5.11 Å². The Morgan fingerprint density at radius 1 is 1.37 bits per heavy atom. The molecule has 0 bridgehead atoms. The average molecular weight is 261 g/mol. The summed E-state index contributed by atoms with van der Waals surface area (Å²) in [4.78, 5) is 23.3. The number of hydrogen-bond acceptors (Lipinski definition) is 2. The van der Waals surface area contributed by atoms with Crippen molar-refractivity contribution >= 4 is 17.6 Å². The van der Waals surface area contributed by atoms with Crippen molar-refractivity contribution < 1.29 is 14.7 Å². The Balaban J connectivity index is 2.17. The van der Waals surface area contributed by atoms with E-state index in [9.17, 15) is 9.59 Å². The van der Waals surface area contributed by atoms with Gasteiger partial charge in [-0.3, -0.25) is 4.79 Å². The van der Waals surface area contributed by atoms with Crippen molar-refractivity contribution in [3.63, 3.8) is 0 Å². The van der Waals surface area contributed by atoms with Gasteiger partial charge in [0, 0.05) is 11.1 Å². The second-order valence-corrected chi connectivity index (χ2v) is 5.28. The molecule has 2 rings (SSSR count). The Kier molecular flexibility index (Phi) is 3.60. The van der Waals surface area contributed by atoms with Crippen LogP contribution >= 0.6 is 0 Å². The minimum Gasteiger partial charge on any atom is -0.478 e. The maximum absolute atomic E-state index is 12.3. The van der Waals surface area contributed by atoms with E-state index >= 15 is 0 Å². The summed E-state index contributed by atoms with van der Waals surface area (Å²) in [6.07, 6.45) is 3.77. The molecule has 0 aromatic heterocycles. The lowest BCUT2D eigenvalue weighted by molar-refractivity contribution is -0.130. The Morgan fingerprint density at radius 2 is 2.05 bits per heavy atom. The van der Waals surface area contributed by atoms with Crippen molar-refractivity contribution in [2.45, 2.75) is 39.5 Å². The zero-order valence-electron chi connectivity index (χ0n) is 11.3. The lowest BCUT2D eigenvalue weighted by Crippen LogP contribution is -2.41. The minimum atomic E-state index is -0.970. The first kappa shape index (κ1) is 13.6. The fourth-order valence-corrected chi connectivity index (χ4v) is 2.54. The van der Waals surface area contributed by atoms with E-state index in [1.165, 1.54) is 6.07 Å². The van der Waals surface area contributed by atoms with Gasteiger partial charge in [0.15, 0.2) is 0 Å². The maximum atomic E-state index is 12.3. The van der Waals surface area contributed by atoms with Crippen LogP contribution in [0.2, 0.25) is 0 Å². The second-order valence-electron chi connectivity index (χ2n) is 5.28. The fraction of sp³-hybridized carbons (Fsp3) is 0.467. The number of anilines is 1. The molecule has 1 amide bonds. The van der Waals surface area contributed by atoms with Crippen LogP contribution in [0.25, 0.3) is 0 Å². The predicted molar refractivity (Wildman–Crippen MR) is 73.3 cm³/mol. The zero-order valence-corrected chi connectivity index (χ0v) is 11.3. The van der Waals surface area contributed by atoms with Crippen molar-refractivity contribution in [1.82, 2.24) is 0 Å². The quantitative estimate of drug-likeness (QED) is 0.874. The van der Waals surface area contributed by atoms with E-state index in [-0.39, 0.29) is 16.9 Å². The fourth-order valence-electron chi connectivity index (χ4n) is 2.54. The first-order chi connectivity index (χ1) is 8.98. The highest BCUT2D eigenvalue weighted by Gasteiger charge is 2.42. The van der Waals surface area contributed by atoms with Gasteiger partial charge in [-0.1, -0.05) is 19.4 Å². The van der Waals surface area contributed by atoms with Gasteiger partial charge in [-0.2, -0.15) is 0 Å². The molecule has 4 nitrogen and oxygen atoms in total. The van der Waals surface area contributed by atoms with Gasteiger partial charge in [0.25, 0.3) is 0 Å². The summed E-state index contributed by atoms with van der Waals surface area (Å²) in [6, 6.07) is 5.00. The number of amides is 1. The highest BCUT2D eigenvalue weighted by molar-refractivity contribution is 5.97. The number of aromatic carboxylic acids is 1. The van der Waals surface area contributed by atoms with Gasteiger partial charge in [-0.15, -0.1) is 0 Å². The van der Waals surface area contributed by atoms with E-state index in [0.717, 1.165) is 25.7 Å².